The highest BCUT2D eigenvalue weighted by Crippen LogP contribution is 2.20. The highest BCUT2D eigenvalue weighted by atomic mass is 32.1. The summed E-state index contributed by atoms with van der Waals surface area (Å²) in [4.78, 5) is 20.3. The Kier molecular flexibility index (Phi) is 3.79. The minimum atomic E-state index is -0.255. The van der Waals surface area contributed by atoms with Crippen LogP contribution < -0.4 is 11.1 Å². The van der Waals surface area contributed by atoms with Gasteiger partial charge in [-0.25, -0.2) is 9.97 Å². The molecule has 2 aromatic rings. The molecule has 1 atom stereocenters. The van der Waals surface area contributed by atoms with Crippen molar-refractivity contribution in [1.82, 2.24) is 25.1 Å². The molecule has 0 spiro atoms. The van der Waals surface area contributed by atoms with Gasteiger partial charge in [0, 0.05) is 12.4 Å². The number of thiazole rings is 1. The third-order valence-corrected chi connectivity index (χ3v) is 3.41. The molecule has 8 heteroatoms. The van der Waals surface area contributed by atoms with E-state index >= 15 is 0 Å². The zero-order valence-corrected chi connectivity index (χ0v) is 11.8. The fraction of sp³-hybridized carbons (Fsp3) is 0.455. The molecule has 2 rings (SSSR count). The second-order valence-corrected chi connectivity index (χ2v) is 5.40. The minimum Gasteiger partial charge on any atom is -0.375 e. The number of carbonyl (C=O) groups excluding carboxylic acids is 1. The molecule has 0 fully saturated rings. The van der Waals surface area contributed by atoms with Crippen molar-refractivity contribution in [1.29, 1.82) is 0 Å². The van der Waals surface area contributed by atoms with E-state index in [2.05, 4.69) is 20.4 Å². The minimum absolute atomic E-state index is 0.183. The van der Waals surface area contributed by atoms with Crippen LogP contribution >= 0.6 is 11.3 Å². The van der Waals surface area contributed by atoms with E-state index in [4.69, 9.17) is 5.73 Å². The average molecular weight is 280 g/mol. The monoisotopic (exact) mass is 280 g/mol. The van der Waals surface area contributed by atoms with Crippen LogP contribution in [0.2, 0.25) is 0 Å². The standard InChI is InChI=1S/C11H16N6OS/c1-6(2)8(9-13-5-14-17(9)3)16-10(18)7-4-19-11(12)15-7/h4-6,8H,1-3H3,(H2,12,15)(H,16,18)/t8-/m1/s1. The smallest absolute Gasteiger partial charge is 0.271 e. The number of nitrogen functional groups attached to an aromatic ring is 1. The van der Waals surface area contributed by atoms with Gasteiger partial charge in [-0.2, -0.15) is 5.10 Å². The van der Waals surface area contributed by atoms with Crippen molar-refractivity contribution >= 4 is 22.4 Å². The molecular weight excluding hydrogens is 264 g/mol. The number of rotatable bonds is 4. The van der Waals surface area contributed by atoms with Crippen molar-refractivity contribution in [3.05, 3.63) is 23.2 Å². The molecule has 0 unspecified atom stereocenters. The third-order valence-electron chi connectivity index (χ3n) is 2.73. The van der Waals surface area contributed by atoms with Gasteiger partial charge in [0.25, 0.3) is 5.91 Å². The highest BCUT2D eigenvalue weighted by molar-refractivity contribution is 7.13. The summed E-state index contributed by atoms with van der Waals surface area (Å²) >= 11 is 1.24. The Morgan fingerprint density at radius 3 is 2.74 bits per heavy atom. The van der Waals surface area contributed by atoms with Crippen LogP contribution in [-0.2, 0) is 7.05 Å². The largest absolute Gasteiger partial charge is 0.375 e. The van der Waals surface area contributed by atoms with Crippen LogP contribution in [-0.4, -0.2) is 25.7 Å². The van der Waals surface area contributed by atoms with Crippen molar-refractivity contribution in [3.8, 4) is 0 Å². The Hall–Kier alpha value is -1.96. The van der Waals surface area contributed by atoms with Gasteiger partial charge in [0.15, 0.2) is 5.13 Å². The summed E-state index contributed by atoms with van der Waals surface area (Å²) in [6, 6.07) is -0.220. The average Bonchev–Trinajstić information content (AvgIpc) is 2.94. The maximum atomic E-state index is 12.1. The summed E-state index contributed by atoms with van der Waals surface area (Å²) in [6.07, 6.45) is 1.47. The van der Waals surface area contributed by atoms with Gasteiger partial charge in [0.05, 0.1) is 6.04 Å². The van der Waals surface area contributed by atoms with Crippen molar-refractivity contribution in [2.45, 2.75) is 19.9 Å². The molecule has 2 aromatic heterocycles. The summed E-state index contributed by atoms with van der Waals surface area (Å²) in [5.41, 5.74) is 5.86. The van der Waals surface area contributed by atoms with Gasteiger partial charge in [0.1, 0.15) is 17.8 Å². The van der Waals surface area contributed by atoms with Crippen LogP contribution in [0.15, 0.2) is 11.7 Å². The fourth-order valence-corrected chi connectivity index (χ4v) is 2.27. The first-order valence-corrected chi connectivity index (χ1v) is 6.72. The number of aromatic nitrogens is 4. The van der Waals surface area contributed by atoms with Crippen LogP contribution in [0.5, 0.6) is 0 Å². The van der Waals surface area contributed by atoms with E-state index in [1.54, 1.807) is 17.1 Å². The first kappa shape index (κ1) is 13.5. The normalized spacial score (nSPS) is 12.6. The molecule has 19 heavy (non-hydrogen) atoms. The summed E-state index contributed by atoms with van der Waals surface area (Å²) < 4.78 is 1.65. The van der Waals surface area contributed by atoms with Crippen LogP contribution in [0, 0.1) is 5.92 Å². The summed E-state index contributed by atoms with van der Waals surface area (Å²) in [5.74, 6) is 0.643. The molecule has 0 aliphatic carbocycles. The Labute approximate surface area is 114 Å². The Balaban J connectivity index is 2.18. The number of carbonyl (C=O) groups is 1. The lowest BCUT2D eigenvalue weighted by atomic mass is 10.0. The van der Waals surface area contributed by atoms with Gasteiger partial charge in [-0.15, -0.1) is 11.3 Å². The quantitative estimate of drug-likeness (QED) is 0.869. The molecule has 1 amide bonds. The lowest BCUT2D eigenvalue weighted by Gasteiger charge is -2.20. The lowest BCUT2D eigenvalue weighted by Crippen LogP contribution is -2.33. The molecule has 0 bridgehead atoms. The number of hydrogen-bond acceptors (Lipinski definition) is 6. The highest BCUT2D eigenvalue weighted by Gasteiger charge is 2.24. The van der Waals surface area contributed by atoms with Gasteiger partial charge in [-0.1, -0.05) is 13.8 Å². The lowest BCUT2D eigenvalue weighted by molar-refractivity contribution is 0.0918. The molecular formula is C11H16N6OS. The van der Waals surface area contributed by atoms with Gasteiger partial charge < -0.3 is 11.1 Å². The molecule has 0 aliphatic heterocycles. The number of nitrogens with two attached hydrogens (primary N) is 1. The van der Waals surface area contributed by atoms with Crippen molar-refractivity contribution in [3.63, 3.8) is 0 Å². The first-order chi connectivity index (χ1) is 8.99. The van der Waals surface area contributed by atoms with E-state index in [1.807, 2.05) is 13.8 Å². The van der Waals surface area contributed by atoms with Crippen LogP contribution in [0.4, 0.5) is 5.13 Å². The second-order valence-electron chi connectivity index (χ2n) is 4.51. The fourth-order valence-electron chi connectivity index (χ4n) is 1.72. The molecule has 7 nitrogen and oxygen atoms in total. The molecule has 0 saturated heterocycles. The summed E-state index contributed by atoms with van der Waals surface area (Å²) in [5, 5.41) is 8.96. The molecule has 3 N–H and O–H groups in total. The summed E-state index contributed by atoms with van der Waals surface area (Å²) in [6.45, 7) is 4.02. The number of nitrogens with zero attached hydrogens (tertiary/aromatic N) is 4. The molecule has 2 heterocycles. The number of amides is 1. The molecule has 102 valence electrons. The van der Waals surface area contributed by atoms with E-state index in [-0.39, 0.29) is 17.9 Å². The topological polar surface area (TPSA) is 98.7 Å². The number of anilines is 1. The van der Waals surface area contributed by atoms with Crippen LogP contribution in [0.1, 0.15) is 36.2 Å². The Morgan fingerprint density at radius 1 is 1.53 bits per heavy atom. The second kappa shape index (κ2) is 5.35. The molecule has 0 aliphatic rings. The number of aryl methyl sites for hydroxylation is 1. The van der Waals surface area contributed by atoms with Gasteiger partial charge >= 0.3 is 0 Å². The van der Waals surface area contributed by atoms with Crippen molar-refractivity contribution in [2.75, 3.05) is 5.73 Å². The van der Waals surface area contributed by atoms with E-state index in [9.17, 15) is 4.79 Å². The first-order valence-electron chi connectivity index (χ1n) is 5.84. The SMILES string of the molecule is CC(C)[C@@H](NC(=O)c1csc(N)n1)c1ncnn1C. The van der Waals surface area contributed by atoms with Gasteiger partial charge in [-0.05, 0) is 5.92 Å². The zero-order valence-electron chi connectivity index (χ0n) is 11.0. The maximum absolute atomic E-state index is 12.1. The Bertz CT molecular complexity index is 575. The number of hydrogen-bond donors (Lipinski definition) is 2. The molecule has 0 saturated carbocycles. The van der Waals surface area contributed by atoms with E-state index in [0.717, 1.165) is 0 Å². The van der Waals surface area contributed by atoms with Crippen molar-refractivity contribution in [2.24, 2.45) is 13.0 Å². The summed E-state index contributed by atoms with van der Waals surface area (Å²) in [7, 11) is 1.80. The van der Waals surface area contributed by atoms with E-state index < -0.39 is 0 Å². The Morgan fingerprint density at radius 2 is 2.26 bits per heavy atom. The maximum Gasteiger partial charge on any atom is 0.271 e. The van der Waals surface area contributed by atoms with Crippen LogP contribution in [0.3, 0.4) is 0 Å². The predicted molar refractivity (Wildman–Crippen MR) is 72.6 cm³/mol. The number of nitrogens with one attached hydrogen (secondary N) is 1. The van der Waals surface area contributed by atoms with E-state index in [1.165, 1.54) is 17.7 Å². The van der Waals surface area contributed by atoms with Gasteiger partial charge in [-0.3, -0.25) is 9.48 Å². The third kappa shape index (κ3) is 2.90. The predicted octanol–water partition coefficient (Wildman–Crippen LogP) is 0.981. The molecule has 0 aromatic carbocycles. The zero-order chi connectivity index (χ0) is 14.0. The van der Waals surface area contributed by atoms with E-state index in [0.29, 0.717) is 16.6 Å². The molecule has 0 radical (unpaired) electrons. The van der Waals surface area contributed by atoms with Crippen LogP contribution in [0.25, 0.3) is 0 Å². The van der Waals surface area contributed by atoms with Gasteiger partial charge in [0.2, 0.25) is 0 Å². The van der Waals surface area contributed by atoms with Crippen molar-refractivity contribution < 1.29 is 4.79 Å².